The first-order valence-electron chi connectivity index (χ1n) is 19.1. The number of carbonyl (C=O) groups excluding carboxylic acids is 5. The summed E-state index contributed by atoms with van der Waals surface area (Å²) in [7, 11) is -3.93. The highest BCUT2D eigenvalue weighted by atomic mass is 32.2. The van der Waals surface area contributed by atoms with E-state index in [1.54, 1.807) is 4.57 Å². The normalized spacial score (nSPS) is 26.0. The Labute approximate surface area is 320 Å². The van der Waals surface area contributed by atoms with Gasteiger partial charge in [-0.3, -0.25) is 28.5 Å². The number of piperidine rings is 1. The molecule has 4 aliphatic rings. The molecule has 5 amide bonds. The molecule has 15 heteroatoms. The number of benzene rings is 2. The van der Waals surface area contributed by atoms with Crippen molar-refractivity contribution >= 4 is 61.5 Å². The first kappa shape index (κ1) is 38.5. The number of rotatable bonds is 10. The van der Waals surface area contributed by atoms with Crippen molar-refractivity contribution in [2.75, 3.05) is 19.6 Å². The molecular weight excluding hydrogens is 728 g/mol. The van der Waals surface area contributed by atoms with Crippen LogP contribution < -0.4 is 15.4 Å². The minimum atomic E-state index is -3.93. The average Bonchev–Trinajstić information content (AvgIpc) is 4.05. The van der Waals surface area contributed by atoms with Crippen LogP contribution in [0.15, 0.2) is 61.2 Å². The van der Waals surface area contributed by atoms with Crippen LogP contribution in [-0.2, 0) is 29.2 Å². The SMILES string of the molecule is C=CC1CC1(NC(=O)[C@@H]1C[C@@H](NC(=O)n2c3ccccc3c3ccccc32)CN1C(=O)[C@@H](CC(=O)N1CCCC(F)C1)C(C)(C)C)C(=O)NS(=O)(=O)C1CC1. The summed E-state index contributed by atoms with van der Waals surface area (Å²) in [5, 5.41) is 6.93. The maximum Gasteiger partial charge on any atom is 0.326 e. The lowest BCUT2D eigenvalue weighted by atomic mass is 9.77. The number of nitrogens with one attached hydrogen (secondary N) is 3. The number of amides is 5. The van der Waals surface area contributed by atoms with E-state index in [2.05, 4.69) is 21.9 Å². The van der Waals surface area contributed by atoms with E-state index >= 15 is 0 Å². The summed E-state index contributed by atoms with van der Waals surface area (Å²) in [5.74, 6) is -3.87. The number of hydrogen-bond acceptors (Lipinski definition) is 7. The third-order valence-electron chi connectivity index (χ3n) is 11.7. The van der Waals surface area contributed by atoms with Gasteiger partial charge in [-0.1, -0.05) is 63.2 Å². The van der Waals surface area contributed by atoms with E-state index in [4.69, 9.17) is 0 Å². The molecule has 2 saturated heterocycles. The first-order valence-corrected chi connectivity index (χ1v) is 20.6. The van der Waals surface area contributed by atoms with Crippen LogP contribution in [-0.4, -0.2) is 101 Å². The number of sulfonamides is 1. The Hall–Kier alpha value is -4.79. The van der Waals surface area contributed by atoms with Gasteiger partial charge in [0.2, 0.25) is 27.7 Å². The predicted octanol–water partition coefficient (Wildman–Crippen LogP) is 4.00. The van der Waals surface area contributed by atoms with E-state index in [1.165, 1.54) is 15.9 Å². The fraction of sp³-hybridized carbons (Fsp3) is 0.525. The van der Waals surface area contributed by atoms with Crippen LogP contribution in [0.4, 0.5) is 9.18 Å². The van der Waals surface area contributed by atoms with E-state index in [-0.39, 0.29) is 38.3 Å². The molecule has 0 radical (unpaired) electrons. The van der Waals surface area contributed by atoms with Gasteiger partial charge in [0.25, 0.3) is 5.91 Å². The Morgan fingerprint density at radius 2 is 1.62 bits per heavy atom. The van der Waals surface area contributed by atoms with Crippen LogP contribution in [0.2, 0.25) is 0 Å². The lowest BCUT2D eigenvalue weighted by Crippen LogP contribution is -2.57. The summed E-state index contributed by atoms with van der Waals surface area (Å²) in [6.07, 6.45) is 2.02. The number of nitrogens with zero attached hydrogens (tertiary/aromatic N) is 3. The maximum absolute atomic E-state index is 14.7. The second-order valence-electron chi connectivity index (χ2n) is 16.6. The van der Waals surface area contributed by atoms with Crippen LogP contribution in [0.25, 0.3) is 21.8 Å². The monoisotopic (exact) mass is 776 g/mol. The molecule has 55 heavy (non-hydrogen) atoms. The molecular formula is C40H49FN6O7S. The van der Waals surface area contributed by atoms with E-state index in [0.29, 0.717) is 43.3 Å². The molecule has 2 aromatic carbocycles. The van der Waals surface area contributed by atoms with Crippen LogP contribution in [0.5, 0.6) is 0 Å². The van der Waals surface area contributed by atoms with Crippen molar-refractivity contribution in [3.63, 3.8) is 0 Å². The zero-order valence-corrected chi connectivity index (χ0v) is 32.2. The van der Waals surface area contributed by atoms with Gasteiger partial charge >= 0.3 is 6.03 Å². The highest BCUT2D eigenvalue weighted by Gasteiger charge is 2.62. The van der Waals surface area contributed by atoms with Gasteiger partial charge in [0.05, 0.1) is 34.8 Å². The third-order valence-corrected chi connectivity index (χ3v) is 13.5. The average molecular weight is 777 g/mol. The van der Waals surface area contributed by atoms with Gasteiger partial charge in [0, 0.05) is 36.2 Å². The Morgan fingerprint density at radius 3 is 2.18 bits per heavy atom. The van der Waals surface area contributed by atoms with Gasteiger partial charge in [0.1, 0.15) is 17.8 Å². The molecule has 0 spiro atoms. The van der Waals surface area contributed by atoms with Crippen LogP contribution in [0, 0.1) is 17.3 Å². The lowest BCUT2D eigenvalue weighted by Gasteiger charge is -2.37. The Morgan fingerprint density at radius 1 is 0.982 bits per heavy atom. The van der Waals surface area contributed by atoms with Crippen molar-refractivity contribution in [2.24, 2.45) is 17.3 Å². The van der Waals surface area contributed by atoms with Crippen LogP contribution in [0.1, 0.15) is 65.7 Å². The minimum Gasteiger partial charge on any atom is -0.340 e. The number of hydrogen-bond donors (Lipinski definition) is 3. The Kier molecular flexibility index (Phi) is 10.1. The zero-order valence-electron chi connectivity index (χ0n) is 31.4. The maximum atomic E-state index is 14.7. The Balaban J connectivity index is 1.18. The van der Waals surface area contributed by atoms with Crippen LogP contribution in [0.3, 0.4) is 0 Å². The fourth-order valence-corrected chi connectivity index (χ4v) is 9.62. The summed E-state index contributed by atoms with van der Waals surface area (Å²) < 4.78 is 43.5. The van der Waals surface area contributed by atoms with Gasteiger partial charge in [0.15, 0.2) is 0 Å². The molecule has 1 aromatic heterocycles. The quantitative estimate of drug-likeness (QED) is 0.262. The highest BCUT2D eigenvalue weighted by Crippen LogP contribution is 2.46. The summed E-state index contributed by atoms with van der Waals surface area (Å²) in [6, 6.07) is 12.6. The summed E-state index contributed by atoms with van der Waals surface area (Å²) in [4.78, 5) is 73.1. The van der Waals surface area contributed by atoms with E-state index in [0.717, 1.165) is 10.8 Å². The summed E-state index contributed by atoms with van der Waals surface area (Å²) in [5.41, 5.74) is -0.985. The molecule has 2 aliphatic heterocycles. The van der Waals surface area contributed by atoms with Gasteiger partial charge in [-0.25, -0.2) is 17.6 Å². The largest absolute Gasteiger partial charge is 0.340 e. The zero-order chi connectivity index (χ0) is 39.4. The minimum absolute atomic E-state index is 0.0161. The van der Waals surface area contributed by atoms with Crippen molar-refractivity contribution in [1.82, 2.24) is 29.7 Å². The van der Waals surface area contributed by atoms with Gasteiger partial charge in [-0.05, 0) is 56.1 Å². The number of aromatic nitrogens is 1. The molecule has 3 N–H and O–H groups in total. The van der Waals surface area contributed by atoms with Crippen LogP contribution >= 0.6 is 0 Å². The second-order valence-corrected chi connectivity index (χ2v) is 18.6. The van der Waals surface area contributed by atoms with Crippen molar-refractivity contribution in [1.29, 1.82) is 0 Å². The second kappa shape index (κ2) is 14.4. The number of para-hydroxylation sites is 2. The summed E-state index contributed by atoms with van der Waals surface area (Å²) in [6.45, 7) is 9.51. The van der Waals surface area contributed by atoms with Crippen molar-refractivity contribution in [3.8, 4) is 0 Å². The van der Waals surface area contributed by atoms with Gasteiger partial charge < -0.3 is 20.4 Å². The molecule has 3 aromatic rings. The predicted molar refractivity (Wildman–Crippen MR) is 205 cm³/mol. The molecule has 2 aliphatic carbocycles. The lowest BCUT2D eigenvalue weighted by molar-refractivity contribution is -0.149. The standard InChI is InChI=1S/C40H49FN6O7S/c1-5-24-21-40(24,37(51)44-55(53,54)27-16-17-27)43-35(49)33-19-26(42-38(52)47-31-14-8-6-12-28(31)29-13-7-9-15-32(29)47)23-46(33)36(50)30(39(2,3)4)20-34(48)45-18-10-11-25(41)22-45/h5-9,12-15,24-27,30,33H,1,10-11,16-23H2,2-4H3,(H,42,52)(H,43,49)(H,44,51)/t24?,25?,26-,30-,33+,40?/m1/s1. The number of fused-ring (bicyclic) bond motifs is 3. The molecule has 2 saturated carbocycles. The number of likely N-dealkylation sites (tertiary alicyclic amines) is 2. The first-order chi connectivity index (χ1) is 26.0. The molecule has 13 nitrogen and oxygen atoms in total. The molecule has 7 rings (SSSR count). The smallest absolute Gasteiger partial charge is 0.326 e. The van der Waals surface area contributed by atoms with Crippen molar-refractivity contribution in [2.45, 2.75) is 94.8 Å². The number of halogens is 1. The molecule has 0 bridgehead atoms. The van der Waals surface area contributed by atoms with Gasteiger partial charge in [-0.15, -0.1) is 6.58 Å². The van der Waals surface area contributed by atoms with Crippen molar-refractivity contribution in [3.05, 3.63) is 61.2 Å². The summed E-state index contributed by atoms with van der Waals surface area (Å²) >= 11 is 0. The molecule has 294 valence electrons. The topological polar surface area (TPSA) is 167 Å². The molecule has 6 atom stereocenters. The van der Waals surface area contributed by atoms with E-state index in [1.807, 2.05) is 69.3 Å². The molecule has 3 unspecified atom stereocenters. The Bertz CT molecular complexity index is 2120. The number of alkyl halides is 1. The van der Waals surface area contributed by atoms with E-state index in [9.17, 15) is 36.8 Å². The molecule has 4 fully saturated rings. The molecule has 3 heterocycles. The number of carbonyl (C=O) groups is 5. The highest BCUT2D eigenvalue weighted by molar-refractivity contribution is 7.91. The third kappa shape index (κ3) is 7.47. The van der Waals surface area contributed by atoms with Gasteiger partial charge in [-0.2, -0.15) is 0 Å². The van der Waals surface area contributed by atoms with Crippen molar-refractivity contribution < 1.29 is 36.8 Å². The fourth-order valence-electron chi connectivity index (χ4n) is 8.25. The van der Waals surface area contributed by atoms with E-state index < -0.39 is 80.1 Å².